The standard InChI is InChI=1S/C22H20BrCl2N5O4/c1-11(2)27-21(31)14-6-12(24)7-15(23)19(14)28-22(32)17-8-18(34-13-9-33-10-13)29-30(17)20-16(25)4-3-5-26-20/h3-8,11,13H,9-10H2,1-2H3,(H,27,31)(H,28,32). The summed E-state index contributed by atoms with van der Waals surface area (Å²) in [5.74, 6) is -0.477. The normalized spacial score (nSPS) is 13.5. The second kappa shape index (κ2) is 10.3. The van der Waals surface area contributed by atoms with Crippen molar-refractivity contribution in [1.29, 1.82) is 0 Å². The second-order valence-electron chi connectivity index (χ2n) is 7.76. The van der Waals surface area contributed by atoms with Crippen LogP contribution >= 0.6 is 39.1 Å². The Balaban J connectivity index is 1.72. The Morgan fingerprint density at radius 2 is 2.00 bits per heavy atom. The van der Waals surface area contributed by atoms with E-state index in [4.69, 9.17) is 32.7 Å². The molecule has 1 aromatic carbocycles. The van der Waals surface area contributed by atoms with E-state index in [0.717, 1.165) is 0 Å². The highest BCUT2D eigenvalue weighted by Crippen LogP contribution is 2.32. The molecule has 2 amide bonds. The molecular weight excluding hydrogens is 549 g/mol. The van der Waals surface area contributed by atoms with Crippen molar-refractivity contribution in [3.63, 3.8) is 0 Å². The smallest absolute Gasteiger partial charge is 0.274 e. The van der Waals surface area contributed by atoms with Gasteiger partial charge in [0.1, 0.15) is 11.8 Å². The Kier molecular flexibility index (Phi) is 7.42. The number of pyridine rings is 1. The molecule has 3 aromatic rings. The lowest BCUT2D eigenvalue weighted by Gasteiger charge is -2.25. The number of halogens is 3. The number of benzene rings is 1. The predicted octanol–water partition coefficient (Wildman–Crippen LogP) is 4.50. The van der Waals surface area contributed by atoms with Crippen LogP contribution in [0.25, 0.3) is 5.82 Å². The maximum absolute atomic E-state index is 13.4. The van der Waals surface area contributed by atoms with Crippen LogP contribution in [0.1, 0.15) is 34.7 Å². The van der Waals surface area contributed by atoms with E-state index in [1.165, 1.54) is 23.0 Å². The number of ether oxygens (including phenoxy) is 2. The van der Waals surface area contributed by atoms with Gasteiger partial charge in [0.2, 0.25) is 5.88 Å². The van der Waals surface area contributed by atoms with Gasteiger partial charge in [-0.1, -0.05) is 23.2 Å². The van der Waals surface area contributed by atoms with Crippen LogP contribution in [0.15, 0.2) is 41.0 Å². The summed E-state index contributed by atoms with van der Waals surface area (Å²) >= 11 is 15.9. The van der Waals surface area contributed by atoms with Crippen molar-refractivity contribution in [2.75, 3.05) is 18.5 Å². The van der Waals surface area contributed by atoms with Crippen molar-refractivity contribution in [3.8, 4) is 11.7 Å². The molecule has 178 valence electrons. The quantitative estimate of drug-likeness (QED) is 0.434. The minimum Gasteiger partial charge on any atom is -0.468 e. The summed E-state index contributed by atoms with van der Waals surface area (Å²) < 4.78 is 12.6. The lowest BCUT2D eigenvalue weighted by molar-refractivity contribution is -0.0814. The lowest BCUT2D eigenvalue weighted by Crippen LogP contribution is -2.38. The minimum atomic E-state index is -0.560. The minimum absolute atomic E-state index is 0.105. The average Bonchev–Trinajstić information content (AvgIpc) is 3.16. The van der Waals surface area contributed by atoms with Gasteiger partial charge in [0, 0.05) is 27.8 Å². The molecule has 2 aromatic heterocycles. The van der Waals surface area contributed by atoms with Gasteiger partial charge >= 0.3 is 0 Å². The van der Waals surface area contributed by atoms with E-state index in [2.05, 4.69) is 36.6 Å². The van der Waals surface area contributed by atoms with Crippen molar-refractivity contribution in [3.05, 3.63) is 62.3 Å². The van der Waals surface area contributed by atoms with Gasteiger partial charge < -0.3 is 20.1 Å². The fraction of sp³-hybridized carbons (Fsp3) is 0.273. The van der Waals surface area contributed by atoms with Crippen molar-refractivity contribution in [2.24, 2.45) is 0 Å². The molecule has 12 heteroatoms. The molecule has 34 heavy (non-hydrogen) atoms. The summed E-state index contributed by atoms with van der Waals surface area (Å²) in [5, 5.41) is 10.6. The largest absolute Gasteiger partial charge is 0.468 e. The van der Waals surface area contributed by atoms with E-state index in [0.29, 0.717) is 27.7 Å². The van der Waals surface area contributed by atoms with Gasteiger partial charge in [-0.05, 0) is 54.0 Å². The number of anilines is 1. The van der Waals surface area contributed by atoms with Gasteiger partial charge in [-0.3, -0.25) is 9.59 Å². The molecule has 0 saturated carbocycles. The lowest BCUT2D eigenvalue weighted by atomic mass is 10.1. The molecule has 1 saturated heterocycles. The average molecular weight is 569 g/mol. The topological polar surface area (TPSA) is 107 Å². The van der Waals surface area contributed by atoms with Gasteiger partial charge in [-0.25, -0.2) is 9.67 Å². The van der Waals surface area contributed by atoms with Gasteiger partial charge in [-0.15, -0.1) is 5.10 Å². The number of carbonyl (C=O) groups excluding carboxylic acids is 2. The predicted molar refractivity (Wildman–Crippen MR) is 131 cm³/mol. The molecule has 1 aliphatic heterocycles. The highest BCUT2D eigenvalue weighted by atomic mass is 79.9. The number of nitrogens with one attached hydrogen (secondary N) is 2. The zero-order valence-corrected chi connectivity index (χ0v) is 21.2. The van der Waals surface area contributed by atoms with Gasteiger partial charge in [0.15, 0.2) is 5.82 Å². The second-order valence-corrected chi connectivity index (χ2v) is 9.46. The number of carbonyl (C=O) groups is 2. The first-order chi connectivity index (χ1) is 16.2. The summed E-state index contributed by atoms with van der Waals surface area (Å²) in [6.45, 7) is 4.54. The third-order valence-corrected chi connectivity index (χ3v) is 5.85. The molecule has 0 bridgehead atoms. The molecule has 0 aliphatic carbocycles. The molecule has 0 radical (unpaired) electrons. The van der Waals surface area contributed by atoms with Crippen LogP contribution < -0.4 is 15.4 Å². The zero-order valence-electron chi connectivity index (χ0n) is 18.1. The number of aromatic nitrogens is 3. The Morgan fingerprint density at radius 1 is 1.24 bits per heavy atom. The monoisotopic (exact) mass is 567 g/mol. The molecule has 1 fully saturated rings. The van der Waals surface area contributed by atoms with E-state index in [1.54, 1.807) is 18.2 Å². The molecule has 9 nitrogen and oxygen atoms in total. The third-order valence-electron chi connectivity index (χ3n) is 4.71. The summed E-state index contributed by atoms with van der Waals surface area (Å²) in [4.78, 5) is 30.5. The maximum atomic E-state index is 13.4. The maximum Gasteiger partial charge on any atom is 0.274 e. The number of hydrogen-bond donors (Lipinski definition) is 2. The van der Waals surface area contributed by atoms with Crippen LogP contribution in [0.4, 0.5) is 5.69 Å². The number of amides is 2. The highest BCUT2D eigenvalue weighted by Gasteiger charge is 2.26. The van der Waals surface area contributed by atoms with Crippen molar-refractivity contribution >= 4 is 56.6 Å². The molecule has 3 heterocycles. The molecule has 2 N–H and O–H groups in total. The Bertz CT molecular complexity index is 1250. The molecular formula is C22H20BrCl2N5O4. The van der Waals surface area contributed by atoms with E-state index < -0.39 is 5.91 Å². The summed E-state index contributed by atoms with van der Waals surface area (Å²) in [7, 11) is 0. The van der Waals surface area contributed by atoms with Crippen molar-refractivity contribution in [1.82, 2.24) is 20.1 Å². The molecule has 0 unspecified atom stereocenters. The van der Waals surface area contributed by atoms with E-state index >= 15 is 0 Å². The highest BCUT2D eigenvalue weighted by molar-refractivity contribution is 9.10. The number of rotatable bonds is 7. The Labute approximate surface area is 213 Å². The molecule has 1 aliphatic rings. The summed E-state index contributed by atoms with van der Waals surface area (Å²) in [6, 6.07) is 7.74. The van der Waals surface area contributed by atoms with E-state index in [9.17, 15) is 9.59 Å². The van der Waals surface area contributed by atoms with Gasteiger partial charge in [0.25, 0.3) is 11.8 Å². The number of hydrogen-bond acceptors (Lipinski definition) is 6. The third kappa shape index (κ3) is 5.35. The first-order valence-corrected chi connectivity index (χ1v) is 11.8. The van der Waals surface area contributed by atoms with E-state index in [1.807, 2.05) is 13.8 Å². The molecule has 0 spiro atoms. The molecule has 0 atom stereocenters. The van der Waals surface area contributed by atoms with Crippen LogP contribution in [-0.4, -0.2) is 51.9 Å². The van der Waals surface area contributed by atoms with Crippen molar-refractivity contribution < 1.29 is 19.1 Å². The van der Waals surface area contributed by atoms with Gasteiger partial charge in [-0.2, -0.15) is 0 Å². The van der Waals surface area contributed by atoms with Gasteiger partial charge in [0.05, 0.1) is 29.5 Å². The number of nitrogens with zero attached hydrogens (tertiary/aromatic N) is 3. The van der Waals surface area contributed by atoms with Crippen molar-refractivity contribution in [2.45, 2.75) is 26.0 Å². The van der Waals surface area contributed by atoms with Crippen LogP contribution in [0.3, 0.4) is 0 Å². The van der Waals surface area contributed by atoms with Crippen LogP contribution in [0.2, 0.25) is 10.0 Å². The first kappa shape index (κ1) is 24.5. The summed E-state index contributed by atoms with van der Waals surface area (Å²) in [5.41, 5.74) is 0.557. The fourth-order valence-electron chi connectivity index (χ4n) is 3.12. The first-order valence-electron chi connectivity index (χ1n) is 10.3. The van der Waals surface area contributed by atoms with Crippen LogP contribution in [0, 0.1) is 0 Å². The Hall–Kier alpha value is -2.66. The Morgan fingerprint density at radius 3 is 2.65 bits per heavy atom. The zero-order chi connectivity index (χ0) is 24.4. The van der Waals surface area contributed by atoms with Crippen LogP contribution in [0.5, 0.6) is 5.88 Å². The van der Waals surface area contributed by atoms with E-state index in [-0.39, 0.29) is 46.7 Å². The van der Waals surface area contributed by atoms with Crippen LogP contribution in [-0.2, 0) is 4.74 Å². The fourth-order valence-corrected chi connectivity index (χ4v) is 4.23. The summed E-state index contributed by atoms with van der Waals surface area (Å²) in [6.07, 6.45) is 1.38. The molecule has 4 rings (SSSR count). The SMILES string of the molecule is CC(C)NC(=O)c1cc(Cl)cc(Br)c1NC(=O)c1cc(OC2COC2)nn1-c1ncccc1Cl.